The van der Waals surface area contributed by atoms with Crippen LogP contribution in [0, 0.1) is 18.3 Å². The summed E-state index contributed by atoms with van der Waals surface area (Å²) in [7, 11) is 3.40. The summed E-state index contributed by atoms with van der Waals surface area (Å²) in [5.74, 6) is -1.10. The normalized spacial score (nSPS) is 11.3. The summed E-state index contributed by atoms with van der Waals surface area (Å²) in [5.41, 5.74) is 2.41. The van der Waals surface area contributed by atoms with Gasteiger partial charge in [0.2, 0.25) is 5.78 Å². The molecule has 4 aromatic rings. The van der Waals surface area contributed by atoms with Crippen LogP contribution in [0.25, 0.3) is 16.6 Å². The van der Waals surface area contributed by atoms with Crippen molar-refractivity contribution < 1.29 is 9.59 Å². The van der Waals surface area contributed by atoms with Crippen molar-refractivity contribution in [3.63, 3.8) is 0 Å². The Balaban J connectivity index is 1.82. The van der Waals surface area contributed by atoms with Crippen molar-refractivity contribution in [1.29, 1.82) is 5.26 Å². The topological polar surface area (TPSA) is 120 Å². The quantitative estimate of drug-likeness (QED) is 0.270. The molecule has 2 heterocycles. The highest BCUT2D eigenvalue weighted by atomic mass is 16.2. The van der Waals surface area contributed by atoms with E-state index in [4.69, 9.17) is 0 Å². The summed E-state index contributed by atoms with van der Waals surface area (Å²) in [5, 5.41) is 21.5. The van der Waals surface area contributed by atoms with Gasteiger partial charge in [-0.25, -0.2) is 0 Å². The maximum Gasteiger partial charge on any atom is 0.269 e. The van der Waals surface area contributed by atoms with Crippen LogP contribution < -0.4 is 5.32 Å². The summed E-state index contributed by atoms with van der Waals surface area (Å²) in [6.45, 7) is 1.81. The zero-order chi connectivity index (χ0) is 23.5. The summed E-state index contributed by atoms with van der Waals surface area (Å²) < 4.78 is 0. The lowest BCUT2D eigenvalue weighted by atomic mass is 10.0. The van der Waals surface area contributed by atoms with E-state index < -0.39 is 11.7 Å². The molecule has 33 heavy (non-hydrogen) atoms. The number of aryl methyl sites for hydroxylation is 1. The highest BCUT2D eigenvalue weighted by Crippen LogP contribution is 2.26. The third kappa shape index (κ3) is 4.22. The molecule has 0 aliphatic carbocycles. The van der Waals surface area contributed by atoms with Crippen LogP contribution in [-0.4, -0.2) is 50.7 Å². The average molecular weight is 439 g/mol. The maximum absolute atomic E-state index is 13.6. The molecule has 9 heteroatoms. The van der Waals surface area contributed by atoms with E-state index in [1.807, 2.05) is 48.5 Å². The number of benzene rings is 2. The van der Waals surface area contributed by atoms with Gasteiger partial charge in [0.15, 0.2) is 11.5 Å². The van der Waals surface area contributed by atoms with Crippen LogP contribution in [0.1, 0.15) is 21.7 Å². The molecule has 2 N–H and O–H groups in total. The zero-order valence-corrected chi connectivity index (χ0v) is 18.3. The van der Waals surface area contributed by atoms with Crippen molar-refractivity contribution in [2.75, 3.05) is 19.4 Å². The van der Waals surface area contributed by atoms with E-state index >= 15 is 0 Å². The number of hydrogen-bond donors (Lipinski definition) is 2. The number of anilines is 1. The molecule has 0 atom stereocenters. The van der Waals surface area contributed by atoms with Crippen molar-refractivity contribution in [3.05, 3.63) is 83.3 Å². The Bertz CT molecular complexity index is 1420. The van der Waals surface area contributed by atoms with Gasteiger partial charge >= 0.3 is 0 Å². The van der Waals surface area contributed by atoms with Gasteiger partial charge < -0.3 is 15.2 Å². The molecule has 0 fully saturated rings. The van der Waals surface area contributed by atoms with E-state index in [-0.39, 0.29) is 17.1 Å². The van der Waals surface area contributed by atoms with Crippen molar-refractivity contribution in [1.82, 2.24) is 24.9 Å². The number of nitriles is 1. The Labute approximate surface area is 189 Å². The smallest absolute Gasteiger partial charge is 0.269 e. The number of carbonyl (C=O) groups is 2. The Kier molecular flexibility index (Phi) is 5.74. The molecule has 4 rings (SSSR count). The van der Waals surface area contributed by atoms with Crippen LogP contribution in [-0.2, 0) is 4.79 Å². The Morgan fingerprint density at radius 2 is 1.79 bits per heavy atom. The standard InChI is InChI=1S/C24H21N7O2/c1-15-20(18-11-7-8-12-19(18)26-15)22(32)21-23(27-24(33)16(13-25)14-30(2)3)29-31(28-21)17-9-5-4-6-10-17/h4-12,14,26H,1-3H3,(H,27,29,33)/b16-14+. The Morgan fingerprint density at radius 1 is 1.09 bits per heavy atom. The number of H-pyrrole nitrogens is 1. The SMILES string of the molecule is Cc1[nH]c2ccccc2c1C(=O)c1nn(-c2ccccc2)nc1NC(=O)/C(C#N)=C/N(C)C. The van der Waals surface area contributed by atoms with E-state index in [0.29, 0.717) is 16.9 Å². The number of aromatic amines is 1. The summed E-state index contributed by atoms with van der Waals surface area (Å²) in [6, 6.07) is 18.4. The molecular formula is C24H21N7O2. The average Bonchev–Trinajstić information content (AvgIpc) is 3.37. The predicted octanol–water partition coefficient (Wildman–Crippen LogP) is 3.20. The van der Waals surface area contributed by atoms with E-state index in [2.05, 4.69) is 20.5 Å². The van der Waals surface area contributed by atoms with Crippen molar-refractivity contribution in [3.8, 4) is 11.8 Å². The fourth-order valence-electron chi connectivity index (χ4n) is 3.48. The number of aromatic nitrogens is 4. The minimum atomic E-state index is -0.684. The van der Waals surface area contributed by atoms with Gasteiger partial charge in [-0.05, 0) is 25.1 Å². The third-order valence-electron chi connectivity index (χ3n) is 4.92. The van der Waals surface area contributed by atoms with Crippen LogP contribution >= 0.6 is 0 Å². The number of amides is 1. The van der Waals surface area contributed by atoms with E-state index in [1.165, 1.54) is 11.0 Å². The lowest BCUT2D eigenvalue weighted by molar-refractivity contribution is -0.112. The molecule has 0 saturated heterocycles. The van der Waals surface area contributed by atoms with Gasteiger partial charge in [-0.2, -0.15) is 5.26 Å². The minimum Gasteiger partial charge on any atom is -0.382 e. The number of rotatable bonds is 6. The van der Waals surface area contributed by atoms with Crippen molar-refractivity contribution >= 4 is 28.4 Å². The summed E-state index contributed by atoms with van der Waals surface area (Å²) >= 11 is 0. The van der Waals surface area contributed by atoms with Crippen LogP contribution in [0.15, 0.2) is 66.4 Å². The van der Waals surface area contributed by atoms with Gasteiger partial charge in [0.1, 0.15) is 11.6 Å². The van der Waals surface area contributed by atoms with E-state index in [1.54, 1.807) is 38.1 Å². The second-order valence-corrected chi connectivity index (χ2v) is 7.59. The van der Waals surface area contributed by atoms with Gasteiger partial charge in [0.05, 0.1) is 11.3 Å². The van der Waals surface area contributed by atoms with E-state index in [9.17, 15) is 14.9 Å². The van der Waals surface area contributed by atoms with E-state index in [0.717, 1.165) is 10.9 Å². The number of nitrogens with one attached hydrogen (secondary N) is 2. The fourth-order valence-corrected chi connectivity index (χ4v) is 3.48. The Hall–Kier alpha value is -4.71. The molecule has 0 aliphatic heterocycles. The fraction of sp³-hybridized carbons (Fsp3) is 0.125. The first-order chi connectivity index (χ1) is 15.9. The summed E-state index contributed by atoms with van der Waals surface area (Å²) in [6.07, 6.45) is 1.39. The summed E-state index contributed by atoms with van der Waals surface area (Å²) in [4.78, 5) is 32.4. The molecule has 0 aliphatic rings. The predicted molar refractivity (Wildman–Crippen MR) is 124 cm³/mol. The third-order valence-corrected chi connectivity index (χ3v) is 4.92. The van der Waals surface area contributed by atoms with Gasteiger partial charge in [0, 0.05) is 36.9 Å². The molecular weight excluding hydrogens is 418 g/mol. The molecule has 0 saturated carbocycles. The van der Waals surface area contributed by atoms with Crippen LogP contribution in [0.2, 0.25) is 0 Å². The number of hydrogen-bond acceptors (Lipinski definition) is 6. The number of ketones is 1. The highest BCUT2D eigenvalue weighted by Gasteiger charge is 2.27. The first kappa shape index (κ1) is 21.5. The number of carbonyl (C=O) groups excluding carboxylic acids is 2. The second kappa shape index (κ2) is 8.80. The van der Waals surface area contributed by atoms with Crippen molar-refractivity contribution in [2.24, 2.45) is 0 Å². The van der Waals surface area contributed by atoms with Crippen LogP contribution in [0.4, 0.5) is 5.82 Å². The zero-order valence-electron chi connectivity index (χ0n) is 18.3. The number of fused-ring (bicyclic) bond motifs is 1. The molecule has 2 aromatic heterocycles. The first-order valence-corrected chi connectivity index (χ1v) is 10.1. The number of para-hydroxylation sites is 2. The highest BCUT2D eigenvalue weighted by molar-refractivity contribution is 6.19. The van der Waals surface area contributed by atoms with Gasteiger partial charge in [-0.15, -0.1) is 15.0 Å². The monoisotopic (exact) mass is 439 g/mol. The van der Waals surface area contributed by atoms with Crippen molar-refractivity contribution in [2.45, 2.75) is 6.92 Å². The van der Waals surface area contributed by atoms with Gasteiger partial charge in [-0.3, -0.25) is 9.59 Å². The second-order valence-electron chi connectivity index (χ2n) is 7.59. The molecule has 0 unspecified atom stereocenters. The van der Waals surface area contributed by atoms with Crippen LogP contribution in [0.3, 0.4) is 0 Å². The molecule has 0 radical (unpaired) electrons. The lowest BCUT2D eigenvalue weighted by Gasteiger charge is -2.07. The maximum atomic E-state index is 13.6. The first-order valence-electron chi connectivity index (χ1n) is 10.1. The lowest BCUT2D eigenvalue weighted by Crippen LogP contribution is -2.18. The minimum absolute atomic E-state index is 0.0257. The molecule has 1 amide bonds. The number of nitrogens with zero attached hydrogens (tertiary/aromatic N) is 5. The van der Waals surface area contributed by atoms with Gasteiger partial charge in [-0.1, -0.05) is 36.4 Å². The largest absolute Gasteiger partial charge is 0.382 e. The Morgan fingerprint density at radius 3 is 2.48 bits per heavy atom. The molecule has 2 aromatic carbocycles. The van der Waals surface area contributed by atoms with Gasteiger partial charge in [0.25, 0.3) is 5.91 Å². The molecule has 0 bridgehead atoms. The molecule has 0 spiro atoms. The molecule has 9 nitrogen and oxygen atoms in total. The van der Waals surface area contributed by atoms with Crippen LogP contribution in [0.5, 0.6) is 0 Å². The molecule has 164 valence electrons.